The Kier molecular flexibility index (Phi) is 16.2. The van der Waals surface area contributed by atoms with Gasteiger partial charge in [-0.1, -0.05) is 251 Å². The van der Waals surface area contributed by atoms with Crippen LogP contribution in [-0.2, 0) is 43.3 Å². The zero-order valence-corrected chi connectivity index (χ0v) is 66.6. The van der Waals surface area contributed by atoms with Crippen LogP contribution in [-0.4, -0.2) is 15.8 Å². The first-order valence-corrected chi connectivity index (χ1v) is 38.1. The number of hydrogen-bond donors (Lipinski definition) is 0. The third-order valence-electron chi connectivity index (χ3n) is 22.6. The van der Waals surface area contributed by atoms with Crippen molar-refractivity contribution in [3.8, 4) is 11.4 Å². The zero-order chi connectivity index (χ0) is 74.2. The molecule has 0 bridgehead atoms. The van der Waals surface area contributed by atoms with E-state index in [2.05, 4.69) is 408 Å². The van der Waals surface area contributed by atoms with E-state index in [0.717, 1.165) is 62.6 Å². The van der Waals surface area contributed by atoms with Crippen molar-refractivity contribution in [2.24, 2.45) is 0 Å². The van der Waals surface area contributed by atoms with E-state index >= 15 is 0 Å². The van der Waals surface area contributed by atoms with Crippen LogP contribution in [0.1, 0.15) is 211 Å². The van der Waals surface area contributed by atoms with Crippen molar-refractivity contribution in [1.29, 1.82) is 0 Å². The molecule has 0 saturated heterocycles. The summed E-state index contributed by atoms with van der Waals surface area (Å²) in [6.45, 7) is 56.4. The van der Waals surface area contributed by atoms with E-state index in [4.69, 9.17) is 0 Å². The maximum atomic E-state index is 2.69. The van der Waals surface area contributed by atoms with E-state index in [1.165, 1.54) is 105 Å². The maximum absolute atomic E-state index is 2.69. The van der Waals surface area contributed by atoms with Gasteiger partial charge in [-0.25, -0.2) is 0 Å². The fraction of sp³-hybridized carbons (Fsp3) is 0.327. The van der Waals surface area contributed by atoms with Crippen molar-refractivity contribution in [2.75, 3.05) is 14.7 Å². The predicted octanol–water partition coefficient (Wildman–Crippen LogP) is 25.8. The number of hydrogen-bond acceptors (Lipinski definition) is 3. The molecular formula is C98H108BN5. The topological polar surface area (TPSA) is 19.6 Å². The van der Waals surface area contributed by atoms with Crippen molar-refractivity contribution in [2.45, 2.75) is 209 Å². The second kappa shape index (κ2) is 24.0. The smallest absolute Gasteiger partial charge is 0.252 e. The Balaban J connectivity index is 1.12. The molecule has 0 atom stereocenters. The Bertz CT molecular complexity index is 5040. The van der Waals surface area contributed by atoms with Crippen molar-refractivity contribution in [3.63, 3.8) is 0 Å². The van der Waals surface area contributed by atoms with Gasteiger partial charge in [0.05, 0.1) is 27.8 Å². The summed E-state index contributed by atoms with van der Waals surface area (Å²) in [7, 11) is 0. The molecule has 15 rings (SSSR count). The summed E-state index contributed by atoms with van der Waals surface area (Å²) < 4.78 is 5.13. The molecule has 2 aliphatic heterocycles. The largest absolute Gasteiger partial charge is 0.311 e. The quantitative estimate of drug-likeness (QED) is 0.148. The summed E-state index contributed by atoms with van der Waals surface area (Å²) >= 11 is 0. The summed E-state index contributed by atoms with van der Waals surface area (Å²) in [6, 6.07) is 86.2. The molecule has 104 heavy (non-hydrogen) atoms. The summed E-state index contributed by atoms with van der Waals surface area (Å²) in [6.07, 6.45) is 0. The van der Waals surface area contributed by atoms with E-state index in [0.29, 0.717) is 0 Å². The van der Waals surface area contributed by atoms with Crippen LogP contribution in [0, 0.1) is 0 Å². The number of benzene rings is 11. The Labute approximate surface area is 621 Å². The lowest BCUT2D eigenvalue weighted by atomic mass is 9.33. The standard InChI is InChI=1S/C98H108BN5/c1-91(2,3)61-35-43-82-76(53-61)77-54-62(92(4,5)6)36-44-83(77)101(82)71-39-41-80-86(57-71)103(73-49-65(95(13,14)15)47-66(50-73)96(16,17)18)88-59-75(100(69-31-27-25-28-32-69)70-33-29-26-30-34-70)60-89-90(88)99(80)81-42-40-72(58-87(81)104(89)74-51-67(97(19,20)21)48-68(52-74)98(22,23)24)102-84-45-37-63(93(7,8)9)55-78(84)79-56-64(94(10,11)12)38-46-85(79)102/h25-60H,1-24H3. The maximum Gasteiger partial charge on any atom is 0.252 e. The normalized spacial score (nSPS) is 13.9. The van der Waals surface area contributed by atoms with E-state index < -0.39 is 0 Å². The van der Waals surface area contributed by atoms with Gasteiger partial charge in [0.2, 0.25) is 0 Å². The van der Waals surface area contributed by atoms with Gasteiger partial charge in [0.1, 0.15) is 0 Å². The molecule has 2 aliphatic rings. The van der Waals surface area contributed by atoms with Crippen LogP contribution in [0.5, 0.6) is 0 Å². The number of anilines is 9. The third-order valence-corrected chi connectivity index (χ3v) is 22.6. The molecule has 528 valence electrons. The van der Waals surface area contributed by atoms with Gasteiger partial charge in [-0.3, -0.25) is 0 Å². The SMILES string of the molecule is CC(C)(C)c1cc(N2c3cc(-n4c5ccc(C(C)(C)C)cc5c5cc(C(C)(C)C)ccc54)ccc3B3c4ccc(-n5c6ccc(C(C)(C)C)cc6c6cc(C(C)(C)C)ccc65)cc4N(c4cc(C(C)(C)C)cc(C(C)(C)C)c4)c4cc(N(c5ccccc5)c5ccccc5)cc2c43)cc(C(C)(C)C)c1. The number of para-hydroxylation sites is 2. The molecule has 0 aliphatic carbocycles. The molecule has 0 amide bonds. The fourth-order valence-corrected chi connectivity index (χ4v) is 16.2. The minimum Gasteiger partial charge on any atom is -0.311 e. The van der Waals surface area contributed by atoms with Crippen molar-refractivity contribution >= 4 is 118 Å². The lowest BCUT2D eigenvalue weighted by Crippen LogP contribution is -2.61. The first-order valence-electron chi connectivity index (χ1n) is 38.1. The Morgan fingerprint density at radius 3 is 0.779 bits per heavy atom. The van der Waals surface area contributed by atoms with E-state index in [1.807, 2.05) is 0 Å². The summed E-state index contributed by atoms with van der Waals surface area (Å²) in [5.74, 6) is 0. The Hall–Kier alpha value is -9.52. The number of nitrogens with zero attached hydrogens (tertiary/aromatic N) is 5. The fourth-order valence-electron chi connectivity index (χ4n) is 16.2. The van der Waals surface area contributed by atoms with Crippen molar-refractivity contribution < 1.29 is 0 Å². The average Bonchev–Trinajstić information content (AvgIpc) is 0.788. The van der Waals surface area contributed by atoms with Gasteiger partial charge in [0.15, 0.2) is 0 Å². The van der Waals surface area contributed by atoms with Gasteiger partial charge in [0, 0.05) is 78.4 Å². The van der Waals surface area contributed by atoms with Crippen LogP contribution < -0.4 is 31.1 Å². The molecule has 0 fully saturated rings. The first kappa shape index (κ1) is 70.2. The number of rotatable bonds is 7. The van der Waals surface area contributed by atoms with E-state index in [-0.39, 0.29) is 50.0 Å². The zero-order valence-electron chi connectivity index (χ0n) is 66.6. The van der Waals surface area contributed by atoms with E-state index in [9.17, 15) is 0 Å². The van der Waals surface area contributed by atoms with Gasteiger partial charge in [-0.05, 0) is 238 Å². The lowest BCUT2D eigenvalue weighted by molar-refractivity contribution is 0.568. The summed E-state index contributed by atoms with van der Waals surface area (Å²) in [4.78, 5) is 7.88. The highest BCUT2D eigenvalue weighted by atomic mass is 15.2. The monoisotopic (exact) mass is 1370 g/mol. The van der Waals surface area contributed by atoms with Crippen LogP contribution in [0.2, 0.25) is 0 Å². The number of aromatic nitrogens is 2. The van der Waals surface area contributed by atoms with Crippen LogP contribution in [0.15, 0.2) is 218 Å². The van der Waals surface area contributed by atoms with Gasteiger partial charge in [-0.15, -0.1) is 0 Å². The van der Waals surface area contributed by atoms with Gasteiger partial charge < -0.3 is 23.8 Å². The minimum atomic E-state index is -0.207. The Morgan fingerprint density at radius 2 is 0.510 bits per heavy atom. The van der Waals surface area contributed by atoms with Crippen LogP contribution >= 0.6 is 0 Å². The highest BCUT2D eigenvalue weighted by Crippen LogP contribution is 2.52. The molecule has 0 radical (unpaired) electrons. The molecule has 13 aromatic rings. The minimum absolute atomic E-state index is 0.0432. The third kappa shape index (κ3) is 12.1. The molecule has 0 N–H and O–H groups in total. The summed E-state index contributed by atoms with van der Waals surface area (Å²) in [5, 5.41) is 5.10. The highest BCUT2D eigenvalue weighted by Gasteiger charge is 2.46. The molecule has 5 nitrogen and oxygen atoms in total. The average molecular weight is 1370 g/mol. The molecular weight excluding hydrogens is 1260 g/mol. The van der Waals surface area contributed by atoms with E-state index in [1.54, 1.807) is 0 Å². The highest BCUT2D eigenvalue weighted by molar-refractivity contribution is 7.00. The van der Waals surface area contributed by atoms with Crippen molar-refractivity contribution in [3.05, 3.63) is 263 Å². The summed E-state index contributed by atoms with van der Waals surface area (Å²) in [5.41, 5.74) is 30.6. The lowest BCUT2D eigenvalue weighted by Gasteiger charge is -2.46. The number of fused-ring (bicyclic) bond motifs is 10. The molecule has 0 spiro atoms. The Morgan fingerprint density at radius 1 is 0.231 bits per heavy atom. The predicted molar refractivity (Wildman–Crippen MR) is 453 cm³/mol. The molecule has 0 unspecified atom stereocenters. The molecule has 2 aromatic heterocycles. The molecule has 11 aromatic carbocycles. The second-order valence-electron chi connectivity index (χ2n) is 38.6. The van der Waals surface area contributed by atoms with Crippen LogP contribution in [0.4, 0.5) is 51.2 Å². The van der Waals surface area contributed by atoms with Crippen LogP contribution in [0.3, 0.4) is 0 Å². The molecule has 0 saturated carbocycles. The van der Waals surface area contributed by atoms with Gasteiger partial charge in [-0.2, -0.15) is 0 Å². The molecule has 6 heteroatoms. The second-order valence-corrected chi connectivity index (χ2v) is 38.6. The van der Waals surface area contributed by atoms with Crippen molar-refractivity contribution in [1.82, 2.24) is 9.13 Å². The first-order chi connectivity index (χ1) is 48.6. The molecule has 4 heterocycles. The van der Waals surface area contributed by atoms with Gasteiger partial charge in [0.25, 0.3) is 6.71 Å². The van der Waals surface area contributed by atoms with Gasteiger partial charge >= 0.3 is 0 Å². The van der Waals surface area contributed by atoms with Crippen LogP contribution in [0.25, 0.3) is 55.0 Å².